The second-order valence-corrected chi connectivity index (χ2v) is 4.37. The van der Waals surface area contributed by atoms with E-state index in [2.05, 4.69) is 12.2 Å². The highest BCUT2D eigenvalue weighted by atomic mass is 16.2. The molecule has 74 valence electrons. The molecule has 0 aromatic heterocycles. The van der Waals surface area contributed by atoms with Gasteiger partial charge in [0.05, 0.1) is 13.2 Å². The van der Waals surface area contributed by atoms with Crippen molar-refractivity contribution in [2.24, 2.45) is 5.92 Å². The molecule has 1 saturated heterocycles. The largest absolute Gasteiger partial charge is 0.326 e. The Morgan fingerprint density at radius 3 is 2.92 bits per heavy atom. The highest BCUT2D eigenvalue weighted by Crippen LogP contribution is 2.27. The van der Waals surface area contributed by atoms with E-state index in [4.69, 9.17) is 0 Å². The number of rotatable bonds is 1. The average molecular weight is 182 g/mol. The lowest BCUT2D eigenvalue weighted by Gasteiger charge is -2.33. The van der Waals surface area contributed by atoms with Crippen molar-refractivity contribution < 1.29 is 4.79 Å². The van der Waals surface area contributed by atoms with Gasteiger partial charge in [-0.15, -0.1) is 0 Å². The molecule has 0 radical (unpaired) electrons. The monoisotopic (exact) mass is 182 g/mol. The molecule has 1 aliphatic carbocycles. The van der Waals surface area contributed by atoms with Gasteiger partial charge in [0.2, 0.25) is 5.91 Å². The van der Waals surface area contributed by atoms with Gasteiger partial charge in [-0.1, -0.05) is 19.8 Å². The molecular weight excluding hydrogens is 164 g/mol. The number of carbonyl (C=O) groups is 1. The van der Waals surface area contributed by atoms with Crippen LogP contribution in [0.1, 0.15) is 32.6 Å². The summed E-state index contributed by atoms with van der Waals surface area (Å²) in [4.78, 5) is 13.5. The molecule has 0 bridgehead atoms. The van der Waals surface area contributed by atoms with Gasteiger partial charge in [0, 0.05) is 6.04 Å². The van der Waals surface area contributed by atoms with E-state index in [-0.39, 0.29) is 0 Å². The number of amides is 1. The summed E-state index contributed by atoms with van der Waals surface area (Å²) in [5, 5.41) is 3.11. The van der Waals surface area contributed by atoms with E-state index in [1.165, 1.54) is 25.7 Å². The van der Waals surface area contributed by atoms with Crippen molar-refractivity contribution in [3.05, 3.63) is 0 Å². The minimum Gasteiger partial charge on any atom is -0.326 e. The number of carbonyl (C=O) groups excluding carboxylic acids is 1. The van der Waals surface area contributed by atoms with Crippen LogP contribution in [0.5, 0.6) is 0 Å². The average Bonchev–Trinajstić information content (AvgIpc) is 2.51. The molecule has 0 aromatic rings. The first-order valence-electron chi connectivity index (χ1n) is 5.27. The summed E-state index contributed by atoms with van der Waals surface area (Å²) in [6, 6.07) is 0.520. The van der Waals surface area contributed by atoms with Gasteiger partial charge in [-0.3, -0.25) is 10.1 Å². The molecule has 0 spiro atoms. The molecule has 1 N–H and O–H groups in total. The SMILES string of the molecule is CC1CCCC(N2CNCC2=O)C1. The van der Waals surface area contributed by atoms with Gasteiger partial charge in [-0.05, 0) is 18.8 Å². The molecule has 2 fully saturated rings. The summed E-state index contributed by atoms with van der Waals surface area (Å²) in [5.74, 6) is 1.09. The van der Waals surface area contributed by atoms with E-state index in [0.29, 0.717) is 18.5 Å². The Labute approximate surface area is 79.5 Å². The van der Waals surface area contributed by atoms with Crippen LogP contribution < -0.4 is 5.32 Å². The first-order valence-corrected chi connectivity index (χ1v) is 5.27. The topological polar surface area (TPSA) is 32.3 Å². The third-order valence-corrected chi connectivity index (χ3v) is 3.23. The van der Waals surface area contributed by atoms with E-state index >= 15 is 0 Å². The molecule has 2 atom stereocenters. The predicted molar refractivity (Wildman–Crippen MR) is 51.1 cm³/mol. The van der Waals surface area contributed by atoms with Gasteiger partial charge in [0.25, 0.3) is 0 Å². The lowest BCUT2D eigenvalue weighted by molar-refractivity contribution is -0.129. The molecule has 2 rings (SSSR count). The molecule has 1 amide bonds. The van der Waals surface area contributed by atoms with Gasteiger partial charge in [-0.25, -0.2) is 0 Å². The number of nitrogens with one attached hydrogen (secondary N) is 1. The Morgan fingerprint density at radius 1 is 1.46 bits per heavy atom. The summed E-state index contributed by atoms with van der Waals surface area (Å²) in [5.41, 5.74) is 0. The molecule has 3 heteroatoms. The first-order chi connectivity index (χ1) is 6.27. The highest BCUT2D eigenvalue weighted by Gasteiger charge is 2.30. The minimum atomic E-state index is 0.291. The maximum Gasteiger partial charge on any atom is 0.237 e. The number of nitrogens with zero attached hydrogens (tertiary/aromatic N) is 1. The zero-order chi connectivity index (χ0) is 9.26. The van der Waals surface area contributed by atoms with Crippen molar-refractivity contribution in [2.75, 3.05) is 13.2 Å². The molecule has 3 nitrogen and oxygen atoms in total. The van der Waals surface area contributed by atoms with Crippen LogP contribution in [0.4, 0.5) is 0 Å². The maximum absolute atomic E-state index is 11.4. The van der Waals surface area contributed by atoms with Crippen LogP contribution in [0.15, 0.2) is 0 Å². The Kier molecular flexibility index (Phi) is 2.54. The van der Waals surface area contributed by atoms with E-state index in [1.807, 2.05) is 4.90 Å². The Bertz CT molecular complexity index is 205. The van der Waals surface area contributed by atoms with Crippen LogP contribution in [-0.4, -0.2) is 30.1 Å². The van der Waals surface area contributed by atoms with E-state index in [9.17, 15) is 4.79 Å². The van der Waals surface area contributed by atoms with Crippen LogP contribution in [0.25, 0.3) is 0 Å². The second kappa shape index (κ2) is 3.66. The van der Waals surface area contributed by atoms with Crippen molar-refractivity contribution in [3.63, 3.8) is 0 Å². The standard InChI is InChI=1S/C10H18N2O/c1-8-3-2-4-9(5-8)12-7-11-6-10(12)13/h8-9,11H,2-7H2,1H3. The first kappa shape index (κ1) is 9.00. The fraction of sp³-hybridized carbons (Fsp3) is 0.900. The van der Waals surface area contributed by atoms with E-state index < -0.39 is 0 Å². The van der Waals surface area contributed by atoms with Gasteiger partial charge in [0.15, 0.2) is 0 Å². The fourth-order valence-electron chi connectivity index (χ4n) is 2.49. The molecule has 13 heavy (non-hydrogen) atoms. The van der Waals surface area contributed by atoms with Crippen molar-refractivity contribution in [2.45, 2.75) is 38.6 Å². The van der Waals surface area contributed by atoms with Crippen LogP contribution in [0.2, 0.25) is 0 Å². The zero-order valence-electron chi connectivity index (χ0n) is 8.25. The van der Waals surface area contributed by atoms with Crippen molar-refractivity contribution in [1.29, 1.82) is 0 Å². The lowest BCUT2D eigenvalue weighted by Crippen LogP contribution is -2.40. The quantitative estimate of drug-likeness (QED) is 0.655. The Hall–Kier alpha value is -0.570. The number of hydrogen-bond donors (Lipinski definition) is 1. The Morgan fingerprint density at radius 2 is 2.31 bits per heavy atom. The molecular formula is C10H18N2O. The van der Waals surface area contributed by atoms with Crippen molar-refractivity contribution in [1.82, 2.24) is 10.2 Å². The van der Waals surface area contributed by atoms with Gasteiger partial charge >= 0.3 is 0 Å². The summed E-state index contributed by atoms with van der Waals surface area (Å²) >= 11 is 0. The van der Waals surface area contributed by atoms with E-state index in [1.54, 1.807) is 0 Å². The van der Waals surface area contributed by atoms with Crippen LogP contribution in [0.3, 0.4) is 0 Å². The summed E-state index contributed by atoms with van der Waals surface area (Å²) < 4.78 is 0. The summed E-state index contributed by atoms with van der Waals surface area (Å²) in [6.45, 7) is 3.61. The third-order valence-electron chi connectivity index (χ3n) is 3.23. The number of hydrogen-bond acceptors (Lipinski definition) is 2. The highest BCUT2D eigenvalue weighted by molar-refractivity contribution is 5.80. The second-order valence-electron chi connectivity index (χ2n) is 4.37. The molecule has 0 aromatic carbocycles. The van der Waals surface area contributed by atoms with E-state index in [0.717, 1.165) is 12.6 Å². The molecule has 1 saturated carbocycles. The van der Waals surface area contributed by atoms with Crippen LogP contribution >= 0.6 is 0 Å². The van der Waals surface area contributed by atoms with Gasteiger partial charge < -0.3 is 4.90 Å². The predicted octanol–water partition coefficient (Wildman–Crippen LogP) is 0.954. The molecule has 1 heterocycles. The van der Waals surface area contributed by atoms with Crippen LogP contribution in [-0.2, 0) is 4.79 Å². The smallest absolute Gasteiger partial charge is 0.237 e. The normalized spacial score (nSPS) is 35.5. The lowest BCUT2D eigenvalue weighted by atomic mass is 9.86. The Balaban J connectivity index is 1.95. The third kappa shape index (κ3) is 1.85. The van der Waals surface area contributed by atoms with Gasteiger partial charge in [-0.2, -0.15) is 0 Å². The van der Waals surface area contributed by atoms with Crippen molar-refractivity contribution >= 4 is 5.91 Å². The van der Waals surface area contributed by atoms with Crippen LogP contribution in [0, 0.1) is 5.92 Å². The summed E-state index contributed by atoms with van der Waals surface area (Å²) in [7, 11) is 0. The molecule has 2 aliphatic rings. The fourth-order valence-corrected chi connectivity index (χ4v) is 2.49. The molecule has 2 unspecified atom stereocenters. The molecule has 1 aliphatic heterocycles. The summed E-state index contributed by atoms with van der Waals surface area (Å²) in [6.07, 6.45) is 5.03. The van der Waals surface area contributed by atoms with Crippen molar-refractivity contribution in [3.8, 4) is 0 Å². The minimum absolute atomic E-state index is 0.291. The van der Waals surface area contributed by atoms with Gasteiger partial charge in [0.1, 0.15) is 0 Å². The maximum atomic E-state index is 11.4. The zero-order valence-corrected chi connectivity index (χ0v) is 8.25.